The van der Waals surface area contributed by atoms with Crippen molar-refractivity contribution in [2.24, 2.45) is 11.8 Å². The Balaban J connectivity index is 1.86. The van der Waals surface area contributed by atoms with Crippen molar-refractivity contribution in [2.45, 2.75) is 39.7 Å². The number of nitrogen functional groups attached to an aromatic ring is 1. The van der Waals surface area contributed by atoms with E-state index in [9.17, 15) is 9.59 Å². The number of nitrogens with zero attached hydrogens (tertiary/aromatic N) is 2. The van der Waals surface area contributed by atoms with Crippen molar-refractivity contribution in [3.05, 3.63) is 53.7 Å². The molecule has 1 aliphatic heterocycles. The Hall–Kier alpha value is -2.89. The van der Waals surface area contributed by atoms with Crippen LogP contribution in [-0.4, -0.2) is 28.2 Å². The average Bonchev–Trinajstić information content (AvgIpc) is 2.83. The predicted molar refractivity (Wildman–Crippen MR) is 110 cm³/mol. The summed E-state index contributed by atoms with van der Waals surface area (Å²) >= 11 is 0. The normalized spacial score (nSPS) is 22.4. The van der Waals surface area contributed by atoms with Crippen molar-refractivity contribution >= 4 is 23.3 Å². The molecule has 0 saturated carbocycles. The van der Waals surface area contributed by atoms with Gasteiger partial charge in [-0.3, -0.25) is 9.59 Å². The van der Waals surface area contributed by atoms with Crippen LogP contribution in [0.5, 0.6) is 0 Å². The molecule has 2 aromatic rings. The number of likely N-dealkylation sites (tertiary alicyclic amines) is 1. The van der Waals surface area contributed by atoms with Gasteiger partial charge in [0.1, 0.15) is 5.82 Å². The zero-order valence-corrected chi connectivity index (χ0v) is 16.7. The van der Waals surface area contributed by atoms with Crippen LogP contribution in [0.3, 0.4) is 0 Å². The fourth-order valence-electron chi connectivity index (χ4n) is 3.89. The van der Waals surface area contributed by atoms with Crippen molar-refractivity contribution in [3.63, 3.8) is 0 Å². The molecule has 1 aliphatic rings. The van der Waals surface area contributed by atoms with E-state index in [1.54, 1.807) is 11.0 Å². The molecule has 2 heterocycles. The van der Waals surface area contributed by atoms with Gasteiger partial charge in [-0.25, -0.2) is 4.98 Å². The summed E-state index contributed by atoms with van der Waals surface area (Å²) in [5, 5.41) is 2.68. The number of anilines is 2. The van der Waals surface area contributed by atoms with Crippen LogP contribution in [0.15, 0.2) is 42.6 Å². The minimum Gasteiger partial charge on any atom is -0.383 e. The van der Waals surface area contributed by atoms with Crippen molar-refractivity contribution in [1.29, 1.82) is 0 Å². The number of amides is 2. The lowest BCUT2D eigenvalue weighted by Crippen LogP contribution is -2.44. The zero-order chi connectivity index (χ0) is 20.3. The second-order valence-electron chi connectivity index (χ2n) is 7.85. The molecular formula is C22H28N4O2. The first-order chi connectivity index (χ1) is 13.4. The number of carbonyl (C=O) groups is 2. The third-order valence-corrected chi connectivity index (χ3v) is 5.47. The summed E-state index contributed by atoms with van der Waals surface area (Å²) in [6.45, 7) is 6.66. The number of aromatic nitrogens is 1. The lowest BCUT2D eigenvalue weighted by atomic mass is 9.90. The summed E-state index contributed by atoms with van der Waals surface area (Å²) in [7, 11) is 0. The lowest BCUT2D eigenvalue weighted by Gasteiger charge is -2.34. The maximum absolute atomic E-state index is 13.2. The van der Waals surface area contributed by atoms with Gasteiger partial charge in [0, 0.05) is 6.54 Å². The van der Waals surface area contributed by atoms with Crippen molar-refractivity contribution in [2.75, 3.05) is 17.6 Å². The van der Waals surface area contributed by atoms with E-state index in [2.05, 4.69) is 24.1 Å². The van der Waals surface area contributed by atoms with E-state index in [0.29, 0.717) is 24.0 Å². The van der Waals surface area contributed by atoms with E-state index in [1.807, 2.05) is 37.3 Å². The third-order valence-electron chi connectivity index (χ3n) is 5.47. The highest BCUT2D eigenvalue weighted by atomic mass is 16.2. The van der Waals surface area contributed by atoms with Gasteiger partial charge in [0.05, 0.1) is 17.9 Å². The average molecular weight is 380 g/mol. The van der Waals surface area contributed by atoms with E-state index >= 15 is 0 Å². The standard InChI is InChI=1S/C22H28N4O2/c1-14-9-10-15(2)19(17-7-5-4-6-8-17)26(13-14)22(28)21(27)25-18-11-16(3)20(23)24-12-18/h4-8,11-12,14-15,19H,9-10,13H2,1-3H3,(H2,23,24)(H,25,27)/t14-,15+,19-/m1/s1. The third kappa shape index (κ3) is 4.32. The monoisotopic (exact) mass is 380 g/mol. The number of benzene rings is 1. The van der Waals surface area contributed by atoms with Gasteiger partial charge in [-0.05, 0) is 48.8 Å². The van der Waals surface area contributed by atoms with Crippen molar-refractivity contribution < 1.29 is 9.59 Å². The number of aryl methyl sites for hydroxylation is 1. The van der Waals surface area contributed by atoms with Gasteiger partial charge in [-0.2, -0.15) is 0 Å². The maximum Gasteiger partial charge on any atom is 0.313 e. The fourth-order valence-corrected chi connectivity index (χ4v) is 3.89. The highest BCUT2D eigenvalue weighted by Crippen LogP contribution is 2.36. The topological polar surface area (TPSA) is 88.3 Å². The summed E-state index contributed by atoms with van der Waals surface area (Å²) in [6.07, 6.45) is 3.53. The van der Waals surface area contributed by atoms with Gasteiger partial charge < -0.3 is 16.0 Å². The first-order valence-corrected chi connectivity index (χ1v) is 9.75. The van der Waals surface area contributed by atoms with Gasteiger partial charge in [0.25, 0.3) is 0 Å². The van der Waals surface area contributed by atoms with E-state index in [4.69, 9.17) is 5.73 Å². The quantitative estimate of drug-likeness (QED) is 0.780. The Labute approximate surface area is 166 Å². The maximum atomic E-state index is 13.2. The number of pyridine rings is 1. The van der Waals surface area contributed by atoms with Gasteiger partial charge in [0.2, 0.25) is 0 Å². The molecule has 1 saturated heterocycles. The van der Waals surface area contributed by atoms with Crippen LogP contribution in [0.2, 0.25) is 0 Å². The number of rotatable bonds is 2. The molecule has 2 amide bonds. The number of hydrogen-bond donors (Lipinski definition) is 2. The molecule has 1 aromatic carbocycles. The molecule has 28 heavy (non-hydrogen) atoms. The van der Waals surface area contributed by atoms with E-state index < -0.39 is 11.8 Å². The second-order valence-corrected chi connectivity index (χ2v) is 7.85. The summed E-state index contributed by atoms with van der Waals surface area (Å²) in [6, 6.07) is 11.6. The van der Waals surface area contributed by atoms with E-state index in [0.717, 1.165) is 24.0 Å². The second kappa shape index (κ2) is 8.42. The molecule has 148 valence electrons. The molecule has 6 nitrogen and oxygen atoms in total. The molecule has 3 rings (SSSR count). The first kappa shape index (κ1) is 19.9. The molecule has 0 bridgehead atoms. The van der Waals surface area contributed by atoms with Crippen LogP contribution in [-0.2, 0) is 9.59 Å². The Kier molecular flexibility index (Phi) is 5.97. The van der Waals surface area contributed by atoms with Crippen LogP contribution in [0.4, 0.5) is 11.5 Å². The molecular weight excluding hydrogens is 352 g/mol. The van der Waals surface area contributed by atoms with Crippen LogP contribution in [0.1, 0.15) is 43.9 Å². The molecule has 0 radical (unpaired) electrons. The highest BCUT2D eigenvalue weighted by molar-refractivity contribution is 6.39. The highest BCUT2D eigenvalue weighted by Gasteiger charge is 2.36. The van der Waals surface area contributed by atoms with Crippen LogP contribution < -0.4 is 11.1 Å². The minimum atomic E-state index is -0.645. The molecule has 1 aromatic heterocycles. The van der Waals surface area contributed by atoms with Crippen molar-refractivity contribution in [3.8, 4) is 0 Å². The Bertz CT molecular complexity index is 853. The summed E-state index contributed by atoms with van der Waals surface area (Å²) < 4.78 is 0. The van der Waals surface area contributed by atoms with E-state index in [1.165, 1.54) is 6.20 Å². The molecule has 3 N–H and O–H groups in total. The largest absolute Gasteiger partial charge is 0.383 e. The lowest BCUT2D eigenvalue weighted by molar-refractivity contribution is -0.145. The summed E-state index contributed by atoms with van der Waals surface area (Å²) in [5.74, 6) is -0.140. The predicted octanol–water partition coefficient (Wildman–Crippen LogP) is 3.55. The molecule has 0 aliphatic carbocycles. The van der Waals surface area contributed by atoms with Crippen LogP contribution in [0.25, 0.3) is 0 Å². The fraction of sp³-hybridized carbons (Fsp3) is 0.409. The molecule has 6 heteroatoms. The number of nitrogens with two attached hydrogens (primary N) is 1. The SMILES string of the molecule is Cc1cc(NC(=O)C(=O)N2C[C@H](C)CC[C@H](C)[C@@H]2c2ccccc2)cnc1N. The zero-order valence-electron chi connectivity index (χ0n) is 16.7. The van der Waals surface area contributed by atoms with Crippen LogP contribution in [0, 0.1) is 18.8 Å². The summed E-state index contributed by atoms with van der Waals surface area (Å²) in [4.78, 5) is 31.7. The van der Waals surface area contributed by atoms with E-state index in [-0.39, 0.29) is 12.0 Å². The van der Waals surface area contributed by atoms with Crippen molar-refractivity contribution in [1.82, 2.24) is 9.88 Å². The summed E-state index contributed by atoms with van der Waals surface area (Å²) in [5.41, 5.74) is 8.02. The van der Waals surface area contributed by atoms with Gasteiger partial charge in [-0.15, -0.1) is 0 Å². The number of nitrogens with one attached hydrogen (secondary N) is 1. The molecule has 1 fully saturated rings. The smallest absolute Gasteiger partial charge is 0.313 e. The Morgan fingerprint density at radius 2 is 1.89 bits per heavy atom. The van der Waals surface area contributed by atoms with Gasteiger partial charge in [-0.1, -0.05) is 44.2 Å². The first-order valence-electron chi connectivity index (χ1n) is 9.75. The van der Waals surface area contributed by atoms with Crippen LogP contribution >= 0.6 is 0 Å². The minimum absolute atomic E-state index is 0.115. The molecule has 3 atom stereocenters. The van der Waals surface area contributed by atoms with Gasteiger partial charge in [0.15, 0.2) is 0 Å². The Morgan fingerprint density at radius 1 is 1.18 bits per heavy atom. The number of hydrogen-bond acceptors (Lipinski definition) is 4. The van der Waals surface area contributed by atoms with Gasteiger partial charge >= 0.3 is 11.8 Å². The Morgan fingerprint density at radius 3 is 2.57 bits per heavy atom. The molecule has 0 unspecified atom stereocenters. The molecule has 0 spiro atoms. The number of carbonyl (C=O) groups excluding carboxylic acids is 2.